The fourth-order valence-corrected chi connectivity index (χ4v) is 6.46. The number of aromatic nitrogens is 1. The summed E-state index contributed by atoms with van der Waals surface area (Å²) in [5, 5.41) is 12.0. The van der Waals surface area contributed by atoms with Crippen molar-refractivity contribution < 1.29 is 28.9 Å². The zero-order chi connectivity index (χ0) is 31.5. The second kappa shape index (κ2) is 13.1. The molecule has 230 valence electrons. The van der Waals surface area contributed by atoms with Gasteiger partial charge in [0.05, 0.1) is 42.2 Å². The van der Waals surface area contributed by atoms with E-state index in [9.17, 15) is 14.7 Å². The molecular weight excluding hydrogens is 576 g/mol. The van der Waals surface area contributed by atoms with Gasteiger partial charge in [0.15, 0.2) is 16.6 Å². The molecule has 0 radical (unpaired) electrons. The first kappa shape index (κ1) is 31.1. The quantitative estimate of drug-likeness (QED) is 0.105. The maximum absolute atomic E-state index is 13.8. The molecule has 9 heteroatoms. The minimum Gasteiger partial charge on any atom is -0.507 e. The van der Waals surface area contributed by atoms with Crippen molar-refractivity contribution in [2.75, 3.05) is 25.2 Å². The van der Waals surface area contributed by atoms with E-state index in [0.29, 0.717) is 52.6 Å². The Morgan fingerprint density at radius 3 is 2.55 bits per heavy atom. The van der Waals surface area contributed by atoms with Crippen molar-refractivity contribution in [1.82, 2.24) is 4.98 Å². The van der Waals surface area contributed by atoms with Crippen molar-refractivity contribution in [3.05, 3.63) is 82.4 Å². The molecule has 1 atom stereocenters. The average molecular weight is 615 g/mol. The Hall–Kier alpha value is -4.37. The van der Waals surface area contributed by atoms with Crippen LogP contribution in [0.15, 0.2) is 60.2 Å². The highest BCUT2D eigenvalue weighted by Gasteiger charge is 2.48. The molecule has 1 aliphatic heterocycles. The summed E-state index contributed by atoms with van der Waals surface area (Å²) in [5.41, 5.74) is 3.73. The van der Waals surface area contributed by atoms with Crippen LogP contribution in [0.2, 0.25) is 0 Å². The number of methoxy groups -OCH3 is 1. The van der Waals surface area contributed by atoms with E-state index >= 15 is 0 Å². The van der Waals surface area contributed by atoms with Gasteiger partial charge in [-0.25, -0.2) is 4.98 Å². The van der Waals surface area contributed by atoms with E-state index < -0.39 is 17.7 Å². The number of anilines is 1. The van der Waals surface area contributed by atoms with E-state index in [-0.39, 0.29) is 11.3 Å². The standard InChI is InChI=1S/C35H38N2O6S/c1-7-14-42-25-10-8-9-24(18-25)32(38)29-31(23-11-12-26(27(19-23)41-6)43-15-13-20(2)3)37(34(40)33(29)39)35-36-30-22(5)16-21(4)17-28(30)44-35/h8-12,16-20,31,38H,7,13-15H2,1-6H3/b32-29+. The molecule has 1 amide bonds. The van der Waals surface area contributed by atoms with Crippen molar-refractivity contribution >= 4 is 44.1 Å². The third-order valence-electron chi connectivity index (χ3n) is 7.51. The number of carbonyl (C=O) groups excluding carboxylic acids is 2. The molecule has 3 aromatic carbocycles. The van der Waals surface area contributed by atoms with Gasteiger partial charge in [-0.15, -0.1) is 0 Å². The Labute approximate surface area is 261 Å². The van der Waals surface area contributed by atoms with Crippen molar-refractivity contribution in [1.29, 1.82) is 0 Å². The highest BCUT2D eigenvalue weighted by Crippen LogP contribution is 2.46. The molecule has 8 nitrogen and oxygen atoms in total. The van der Waals surface area contributed by atoms with Crippen LogP contribution in [-0.2, 0) is 9.59 Å². The summed E-state index contributed by atoms with van der Waals surface area (Å²) in [4.78, 5) is 33.8. The number of amides is 1. The van der Waals surface area contributed by atoms with E-state index in [0.717, 1.165) is 34.2 Å². The van der Waals surface area contributed by atoms with Gasteiger partial charge in [0.2, 0.25) is 0 Å². The monoisotopic (exact) mass is 614 g/mol. The fourth-order valence-electron chi connectivity index (χ4n) is 5.29. The van der Waals surface area contributed by atoms with E-state index in [2.05, 4.69) is 13.8 Å². The van der Waals surface area contributed by atoms with E-state index in [1.807, 2.05) is 32.9 Å². The molecule has 1 unspecified atom stereocenters. The number of aryl methyl sites for hydroxylation is 2. The van der Waals surface area contributed by atoms with Gasteiger partial charge in [-0.2, -0.15) is 0 Å². The lowest BCUT2D eigenvalue weighted by atomic mass is 9.95. The molecule has 1 fully saturated rings. The number of ketones is 1. The average Bonchev–Trinajstić information content (AvgIpc) is 3.54. The topological polar surface area (TPSA) is 98.2 Å². The predicted octanol–water partition coefficient (Wildman–Crippen LogP) is 7.76. The van der Waals surface area contributed by atoms with Crippen molar-refractivity contribution in [2.45, 2.75) is 53.5 Å². The number of rotatable bonds is 11. The van der Waals surface area contributed by atoms with Crippen LogP contribution < -0.4 is 19.1 Å². The molecule has 44 heavy (non-hydrogen) atoms. The zero-order valence-corrected chi connectivity index (χ0v) is 26.8. The molecule has 0 bridgehead atoms. The Kier molecular flexibility index (Phi) is 9.25. The largest absolute Gasteiger partial charge is 0.507 e. The minimum atomic E-state index is -0.962. The van der Waals surface area contributed by atoms with Crippen molar-refractivity contribution in [3.63, 3.8) is 0 Å². The Bertz CT molecular complexity index is 1740. The number of carbonyl (C=O) groups is 2. The third-order valence-corrected chi connectivity index (χ3v) is 8.51. The van der Waals surface area contributed by atoms with Gasteiger partial charge in [0.1, 0.15) is 11.5 Å². The zero-order valence-electron chi connectivity index (χ0n) is 26.0. The van der Waals surface area contributed by atoms with E-state index in [1.54, 1.807) is 49.6 Å². The lowest BCUT2D eigenvalue weighted by Gasteiger charge is -2.24. The second-order valence-electron chi connectivity index (χ2n) is 11.4. The summed E-state index contributed by atoms with van der Waals surface area (Å²) in [6.07, 6.45) is 1.70. The molecule has 1 N–H and O–H groups in total. The number of hydrogen-bond donors (Lipinski definition) is 1. The predicted molar refractivity (Wildman–Crippen MR) is 174 cm³/mol. The fraction of sp³-hybridized carbons (Fsp3) is 0.343. The summed E-state index contributed by atoms with van der Waals surface area (Å²) in [6.45, 7) is 11.3. The van der Waals surface area contributed by atoms with Crippen LogP contribution in [0.1, 0.15) is 61.9 Å². The van der Waals surface area contributed by atoms with Gasteiger partial charge in [-0.3, -0.25) is 14.5 Å². The minimum absolute atomic E-state index is 0.0367. The summed E-state index contributed by atoms with van der Waals surface area (Å²) < 4.78 is 18.4. The number of fused-ring (bicyclic) bond motifs is 1. The first-order valence-electron chi connectivity index (χ1n) is 14.9. The van der Waals surface area contributed by atoms with Crippen LogP contribution in [0.25, 0.3) is 16.0 Å². The lowest BCUT2D eigenvalue weighted by molar-refractivity contribution is -0.132. The summed E-state index contributed by atoms with van der Waals surface area (Å²) >= 11 is 1.34. The number of ether oxygens (including phenoxy) is 3. The highest BCUT2D eigenvalue weighted by molar-refractivity contribution is 7.22. The molecule has 1 aromatic heterocycles. The number of Topliss-reactive ketones (excluding diaryl/α,β-unsaturated/α-hetero) is 1. The normalized spacial score (nSPS) is 16.2. The summed E-state index contributed by atoms with van der Waals surface area (Å²) in [5.74, 6) is 0.205. The number of aliphatic hydroxyl groups is 1. The van der Waals surface area contributed by atoms with Crippen molar-refractivity contribution in [3.8, 4) is 17.2 Å². The smallest absolute Gasteiger partial charge is 0.301 e. The van der Waals surface area contributed by atoms with Crippen molar-refractivity contribution in [2.24, 2.45) is 5.92 Å². The molecule has 2 heterocycles. The third kappa shape index (κ3) is 6.15. The van der Waals surface area contributed by atoms with Gasteiger partial charge in [0.25, 0.3) is 5.78 Å². The number of hydrogen-bond acceptors (Lipinski definition) is 8. The maximum atomic E-state index is 13.8. The molecule has 5 rings (SSSR count). The van der Waals surface area contributed by atoms with E-state index in [4.69, 9.17) is 19.2 Å². The molecule has 1 saturated heterocycles. The maximum Gasteiger partial charge on any atom is 0.301 e. The molecule has 1 aliphatic rings. The first-order valence-corrected chi connectivity index (χ1v) is 15.7. The number of thiazole rings is 1. The summed E-state index contributed by atoms with van der Waals surface area (Å²) in [6, 6.07) is 15.3. The van der Waals surface area contributed by atoms with Crippen LogP contribution in [-0.4, -0.2) is 42.1 Å². The molecule has 0 spiro atoms. The molecule has 4 aromatic rings. The van der Waals surface area contributed by atoms with E-state index in [1.165, 1.54) is 16.2 Å². The number of nitrogens with zero attached hydrogens (tertiary/aromatic N) is 2. The lowest BCUT2D eigenvalue weighted by Crippen LogP contribution is -2.29. The highest BCUT2D eigenvalue weighted by atomic mass is 32.1. The number of aliphatic hydroxyl groups excluding tert-OH is 1. The Morgan fingerprint density at radius 2 is 1.82 bits per heavy atom. The Morgan fingerprint density at radius 1 is 1.02 bits per heavy atom. The van der Waals surface area contributed by atoms with Crippen LogP contribution in [0.5, 0.6) is 17.2 Å². The van der Waals surface area contributed by atoms with Crippen LogP contribution >= 0.6 is 11.3 Å². The van der Waals surface area contributed by atoms with Gasteiger partial charge < -0.3 is 19.3 Å². The van der Waals surface area contributed by atoms with Gasteiger partial charge in [0, 0.05) is 5.56 Å². The van der Waals surface area contributed by atoms with Gasteiger partial charge in [-0.1, -0.05) is 56.4 Å². The molecule has 0 saturated carbocycles. The van der Waals surface area contributed by atoms with Crippen LogP contribution in [0.3, 0.4) is 0 Å². The SMILES string of the molecule is CCCOc1cccc(/C(O)=C2\C(=O)C(=O)N(c3nc4c(C)cc(C)cc4s3)C2c2ccc(OCCC(C)C)c(OC)c2)c1. The molecular formula is C35H38N2O6S. The number of benzene rings is 3. The van der Waals surface area contributed by atoms with Gasteiger partial charge >= 0.3 is 5.91 Å². The first-order chi connectivity index (χ1) is 21.1. The Balaban J connectivity index is 1.67. The second-order valence-corrected chi connectivity index (χ2v) is 12.4. The summed E-state index contributed by atoms with van der Waals surface area (Å²) in [7, 11) is 1.55. The van der Waals surface area contributed by atoms with Gasteiger partial charge in [-0.05, 0) is 79.6 Å². The van der Waals surface area contributed by atoms with Crippen LogP contribution in [0, 0.1) is 19.8 Å². The molecule has 0 aliphatic carbocycles. The van der Waals surface area contributed by atoms with Crippen LogP contribution in [0.4, 0.5) is 5.13 Å².